The standard InChI is InChI=1S/C12H12N4O2S/c1-6-3-4-9-8(5-6)10-12(18,16(9)7(2)17)13-11(19)15-14-10/h3-5,18H,1-2H3,(H2,13,15,19)/t12-/m1/s1. The second-order valence-corrected chi connectivity index (χ2v) is 4.98. The van der Waals surface area contributed by atoms with Crippen LogP contribution in [0.3, 0.4) is 0 Å². The van der Waals surface area contributed by atoms with Crippen molar-refractivity contribution in [3.8, 4) is 0 Å². The number of thiocarbonyl (C=S) groups is 1. The van der Waals surface area contributed by atoms with Gasteiger partial charge in [-0.25, -0.2) is 0 Å². The zero-order valence-corrected chi connectivity index (χ0v) is 11.2. The van der Waals surface area contributed by atoms with E-state index in [1.807, 2.05) is 19.1 Å². The normalized spacial score (nSPS) is 24.1. The molecule has 0 aliphatic carbocycles. The molecule has 7 heteroatoms. The first-order valence-corrected chi connectivity index (χ1v) is 6.15. The summed E-state index contributed by atoms with van der Waals surface area (Å²) in [6.45, 7) is 3.32. The minimum atomic E-state index is -1.72. The van der Waals surface area contributed by atoms with Crippen LogP contribution in [0.1, 0.15) is 18.1 Å². The lowest BCUT2D eigenvalue weighted by molar-refractivity contribution is -0.119. The van der Waals surface area contributed by atoms with Gasteiger partial charge in [-0.3, -0.25) is 15.1 Å². The Morgan fingerprint density at radius 3 is 2.95 bits per heavy atom. The van der Waals surface area contributed by atoms with E-state index in [0.717, 1.165) is 5.56 Å². The average Bonchev–Trinajstić information content (AvgIpc) is 2.55. The number of aryl methyl sites for hydroxylation is 1. The predicted octanol–water partition coefficient (Wildman–Crippen LogP) is 0.189. The van der Waals surface area contributed by atoms with E-state index in [0.29, 0.717) is 17.0 Å². The first-order valence-electron chi connectivity index (χ1n) is 5.74. The Morgan fingerprint density at radius 1 is 1.53 bits per heavy atom. The Kier molecular flexibility index (Phi) is 2.38. The fraction of sp³-hybridized carbons (Fsp3) is 0.250. The quantitative estimate of drug-likeness (QED) is 0.590. The van der Waals surface area contributed by atoms with Gasteiger partial charge in [0.2, 0.25) is 5.91 Å². The summed E-state index contributed by atoms with van der Waals surface area (Å²) in [6, 6.07) is 5.54. The van der Waals surface area contributed by atoms with E-state index in [1.165, 1.54) is 11.8 Å². The van der Waals surface area contributed by atoms with Gasteiger partial charge in [0, 0.05) is 12.5 Å². The van der Waals surface area contributed by atoms with Crippen molar-refractivity contribution in [3.63, 3.8) is 0 Å². The van der Waals surface area contributed by atoms with Gasteiger partial charge in [0.25, 0.3) is 5.85 Å². The van der Waals surface area contributed by atoms with Gasteiger partial charge in [-0.2, -0.15) is 5.10 Å². The first-order chi connectivity index (χ1) is 8.93. The number of carbonyl (C=O) groups excluding carboxylic acids is 1. The number of hydrogen-bond acceptors (Lipinski definition) is 4. The second-order valence-electron chi connectivity index (χ2n) is 4.57. The molecule has 1 aromatic carbocycles. The Morgan fingerprint density at radius 2 is 2.26 bits per heavy atom. The molecule has 0 bridgehead atoms. The van der Waals surface area contributed by atoms with Crippen molar-refractivity contribution in [3.05, 3.63) is 29.3 Å². The number of amides is 1. The molecule has 0 saturated carbocycles. The van der Waals surface area contributed by atoms with Crippen molar-refractivity contribution in [2.45, 2.75) is 19.7 Å². The largest absolute Gasteiger partial charge is 0.349 e. The van der Waals surface area contributed by atoms with Gasteiger partial charge in [0.1, 0.15) is 5.71 Å². The van der Waals surface area contributed by atoms with Crippen LogP contribution in [0.5, 0.6) is 0 Å². The molecule has 19 heavy (non-hydrogen) atoms. The molecule has 6 nitrogen and oxygen atoms in total. The minimum absolute atomic E-state index is 0.169. The van der Waals surface area contributed by atoms with Crippen molar-refractivity contribution >= 4 is 34.6 Å². The number of fused-ring (bicyclic) bond motifs is 3. The van der Waals surface area contributed by atoms with Crippen LogP contribution in [-0.2, 0) is 4.79 Å². The number of hydrazone groups is 1. The third-order valence-corrected chi connectivity index (χ3v) is 3.37. The number of hydrogen-bond donors (Lipinski definition) is 3. The maximum atomic E-state index is 11.9. The fourth-order valence-electron chi connectivity index (χ4n) is 2.45. The number of nitrogens with one attached hydrogen (secondary N) is 2. The Labute approximate surface area is 115 Å². The molecule has 0 unspecified atom stereocenters. The summed E-state index contributed by atoms with van der Waals surface area (Å²) in [6.07, 6.45) is 0. The number of aliphatic hydroxyl groups is 1. The predicted molar refractivity (Wildman–Crippen MR) is 74.7 cm³/mol. The van der Waals surface area contributed by atoms with Gasteiger partial charge in [0.15, 0.2) is 5.11 Å². The number of rotatable bonds is 0. The molecule has 2 heterocycles. The van der Waals surface area contributed by atoms with Crippen LogP contribution in [0.25, 0.3) is 0 Å². The van der Waals surface area contributed by atoms with E-state index in [4.69, 9.17) is 12.2 Å². The number of nitrogens with zero attached hydrogens (tertiary/aromatic N) is 2. The van der Waals surface area contributed by atoms with Gasteiger partial charge in [-0.1, -0.05) is 11.6 Å². The first kappa shape index (κ1) is 12.1. The summed E-state index contributed by atoms with van der Waals surface area (Å²) in [5, 5.41) is 17.7. The highest BCUT2D eigenvalue weighted by molar-refractivity contribution is 7.80. The lowest BCUT2D eigenvalue weighted by atomic mass is 10.1. The fourth-order valence-corrected chi connectivity index (χ4v) is 2.63. The van der Waals surface area contributed by atoms with Crippen LogP contribution in [0.4, 0.5) is 5.69 Å². The molecule has 0 aromatic heterocycles. The van der Waals surface area contributed by atoms with Crippen LogP contribution in [0.15, 0.2) is 23.3 Å². The van der Waals surface area contributed by atoms with E-state index in [-0.39, 0.29) is 11.0 Å². The highest BCUT2D eigenvalue weighted by Gasteiger charge is 2.52. The van der Waals surface area contributed by atoms with Crippen molar-refractivity contribution < 1.29 is 9.90 Å². The van der Waals surface area contributed by atoms with E-state index in [2.05, 4.69) is 15.8 Å². The molecule has 0 spiro atoms. The second kappa shape index (κ2) is 3.75. The molecule has 0 fully saturated rings. The maximum absolute atomic E-state index is 11.9. The van der Waals surface area contributed by atoms with Crippen LogP contribution in [0, 0.1) is 6.92 Å². The summed E-state index contributed by atoms with van der Waals surface area (Å²) >= 11 is 4.95. The van der Waals surface area contributed by atoms with E-state index >= 15 is 0 Å². The van der Waals surface area contributed by atoms with Crippen LogP contribution in [0.2, 0.25) is 0 Å². The summed E-state index contributed by atoms with van der Waals surface area (Å²) in [5.41, 5.74) is 5.29. The monoisotopic (exact) mass is 276 g/mol. The molecule has 3 rings (SSSR count). The van der Waals surface area contributed by atoms with Gasteiger partial charge in [0.05, 0.1) is 5.69 Å². The van der Waals surface area contributed by atoms with E-state index in [9.17, 15) is 9.90 Å². The SMILES string of the molecule is CC(=O)N1c2ccc(C)cc2C2=NNC(=S)N[C@]21O. The summed E-state index contributed by atoms with van der Waals surface area (Å²) < 4.78 is 0. The highest BCUT2D eigenvalue weighted by atomic mass is 32.1. The van der Waals surface area contributed by atoms with Crippen molar-refractivity contribution in [1.82, 2.24) is 10.7 Å². The molecule has 3 N–H and O–H groups in total. The topological polar surface area (TPSA) is 77.0 Å². The van der Waals surface area contributed by atoms with Crippen LogP contribution < -0.4 is 15.6 Å². The van der Waals surface area contributed by atoms with Crippen LogP contribution in [-0.4, -0.2) is 27.7 Å². The van der Waals surface area contributed by atoms with Crippen molar-refractivity contribution in [1.29, 1.82) is 0 Å². The number of anilines is 1. The molecular weight excluding hydrogens is 264 g/mol. The molecule has 2 aliphatic heterocycles. The van der Waals surface area contributed by atoms with Crippen molar-refractivity contribution in [2.75, 3.05) is 4.90 Å². The summed E-state index contributed by atoms with van der Waals surface area (Å²) in [4.78, 5) is 13.1. The van der Waals surface area contributed by atoms with Gasteiger partial charge in [-0.05, 0) is 31.3 Å². The zero-order chi connectivity index (χ0) is 13.8. The molecule has 98 valence electrons. The number of benzene rings is 1. The molecule has 1 amide bonds. The summed E-state index contributed by atoms with van der Waals surface area (Å²) in [5.74, 6) is -2.01. The third kappa shape index (κ3) is 1.55. The zero-order valence-electron chi connectivity index (χ0n) is 10.4. The lowest BCUT2D eigenvalue weighted by Crippen LogP contribution is -2.68. The number of carbonyl (C=O) groups is 1. The average molecular weight is 276 g/mol. The lowest BCUT2D eigenvalue weighted by Gasteiger charge is -2.36. The minimum Gasteiger partial charge on any atom is -0.349 e. The molecule has 0 radical (unpaired) electrons. The Hall–Kier alpha value is -1.99. The van der Waals surface area contributed by atoms with Crippen LogP contribution >= 0.6 is 12.2 Å². The highest BCUT2D eigenvalue weighted by Crippen LogP contribution is 2.38. The van der Waals surface area contributed by atoms with E-state index in [1.54, 1.807) is 6.07 Å². The van der Waals surface area contributed by atoms with Crippen molar-refractivity contribution in [2.24, 2.45) is 5.10 Å². The molecule has 0 saturated heterocycles. The van der Waals surface area contributed by atoms with Gasteiger partial charge < -0.3 is 10.4 Å². The molecular formula is C12H12N4O2S. The summed E-state index contributed by atoms with van der Waals surface area (Å²) in [7, 11) is 0. The molecule has 1 aromatic rings. The van der Waals surface area contributed by atoms with Gasteiger partial charge in [-0.15, -0.1) is 0 Å². The Balaban J connectivity index is 2.28. The molecule has 2 aliphatic rings. The third-order valence-electron chi connectivity index (χ3n) is 3.17. The smallest absolute Gasteiger partial charge is 0.273 e. The molecule has 1 atom stereocenters. The van der Waals surface area contributed by atoms with E-state index < -0.39 is 5.85 Å². The van der Waals surface area contributed by atoms with Gasteiger partial charge >= 0.3 is 0 Å². The Bertz CT molecular complexity index is 643. The maximum Gasteiger partial charge on any atom is 0.273 e.